The molecule has 1 fully saturated rings. The Morgan fingerprint density at radius 2 is 1.78 bits per heavy atom. The Balaban J connectivity index is 2.82. The lowest BCUT2D eigenvalue weighted by Gasteiger charge is -2.31. The Kier molecular flexibility index (Phi) is 3.99. The van der Waals surface area contributed by atoms with Crippen LogP contribution in [0, 0.1) is 0 Å². The van der Waals surface area contributed by atoms with Crippen molar-refractivity contribution < 1.29 is 35.8 Å². The molecule has 104 valence electrons. The summed E-state index contributed by atoms with van der Waals surface area (Å²) in [5, 5.41) is 2.99. The Morgan fingerprint density at radius 1 is 1.22 bits per heavy atom. The lowest BCUT2D eigenvalue weighted by molar-refractivity contribution is -0.443. The fraction of sp³-hybridized carbons (Fsp3) is 1.00. The molecular formula is C7H7F6N3O2. The molecule has 0 aromatic rings. The molecule has 0 radical (unpaired) electrons. The van der Waals surface area contributed by atoms with Crippen LogP contribution >= 0.6 is 0 Å². The van der Waals surface area contributed by atoms with Crippen LogP contribution in [-0.2, 0) is 9.47 Å². The van der Waals surface area contributed by atoms with Gasteiger partial charge in [0.2, 0.25) is 0 Å². The van der Waals surface area contributed by atoms with Gasteiger partial charge in [-0.25, -0.2) is 0 Å². The largest absolute Gasteiger partial charge is 0.453 e. The third kappa shape index (κ3) is 2.62. The van der Waals surface area contributed by atoms with E-state index in [2.05, 4.69) is 19.5 Å². The maximum absolute atomic E-state index is 12.4. The molecule has 11 heteroatoms. The number of halogens is 6. The summed E-state index contributed by atoms with van der Waals surface area (Å²) in [6.07, 6.45) is -13.2. The Bertz CT molecular complexity index is 334. The van der Waals surface area contributed by atoms with Gasteiger partial charge in [-0.15, -0.1) is 0 Å². The summed E-state index contributed by atoms with van der Waals surface area (Å²) in [7, 11) is 0. The molecule has 0 aromatic heterocycles. The van der Waals surface area contributed by atoms with Crippen LogP contribution in [0.3, 0.4) is 0 Å². The highest BCUT2D eigenvalue weighted by Gasteiger charge is 2.77. The van der Waals surface area contributed by atoms with Gasteiger partial charge in [0, 0.05) is 11.5 Å². The second kappa shape index (κ2) is 4.82. The molecule has 1 unspecified atom stereocenters. The average Bonchev–Trinajstić information content (AvgIpc) is 2.62. The predicted molar refractivity (Wildman–Crippen MR) is 44.3 cm³/mol. The van der Waals surface area contributed by atoms with E-state index in [1.807, 2.05) is 0 Å². The third-order valence-electron chi connectivity index (χ3n) is 2.17. The number of alkyl halides is 6. The highest BCUT2D eigenvalue weighted by molar-refractivity contribution is 4.92. The van der Waals surface area contributed by atoms with Crippen molar-refractivity contribution >= 4 is 0 Å². The predicted octanol–water partition coefficient (Wildman–Crippen LogP) is 2.92. The molecule has 1 aliphatic heterocycles. The summed E-state index contributed by atoms with van der Waals surface area (Å²) in [5.74, 6) is -4.60. The van der Waals surface area contributed by atoms with Crippen LogP contribution in [-0.4, -0.2) is 37.4 Å². The molecule has 0 aromatic carbocycles. The van der Waals surface area contributed by atoms with Gasteiger partial charge in [0.25, 0.3) is 0 Å². The van der Waals surface area contributed by atoms with Gasteiger partial charge in [0.1, 0.15) is 0 Å². The minimum Gasteiger partial charge on any atom is -0.333 e. The number of ether oxygens (including phenoxy) is 2. The van der Waals surface area contributed by atoms with Gasteiger partial charge >= 0.3 is 18.1 Å². The fourth-order valence-electron chi connectivity index (χ4n) is 1.36. The van der Waals surface area contributed by atoms with Crippen LogP contribution in [0.1, 0.15) is 6.42 Å². The molecule has 0 bridgehead atoms. The maximum atomic E-state index is 12.4. The SMILES string of the molecule is [N-]=[N+]=NCCC1COC(C(F)(F)F)(C(F)(F)F)O1. The summed E-state index contributed by atoms with van der Waals surface area (Å²) in [6, 6.07) is 0. The van der Waals surface area contributed by atoms with Crippen molar-refractivity contribution in [3.8, 4) is 0 Å². The number of hydrogen-bond donors (Lipinski definition) is 0. The first-order chi connectivity index (χ1) is 8.14. The van der Waals surface area contributed by atoms with Crippen LogP contribution in [0.2, 0.25) is 0 Å². The molecule has 1 saturated heterocycles. The smallest absolute Gasteiger partial charge is 0.333 e. The molecule has 1 heterocycles. The van der Waals surface area contributed by atoms with Crippen molar-refractivity contribution in [2.75, 3.05) is 13.2 Å². The number of nitrogens with zero attached hydrogens (tertiary/aromatic N) is 3. The first-order valence-electron chi connectivity index (χ1n) is 4.60. The van der Waals surface area contributed by atoms with Crippen LogP contribution in [0.5, 0.6) is 0 Å². The molecular weight excluding hydrogens is 272 g/mol. The third-order valence-corrected chi connectivity index (χ3v) is 2.17. The zero-order chi connectivity index (χ0) is 14.0. The van der Waals surface area contributed by atoms with E-state index in [1.54, 1.807) is 0 Å². The van der Waals surface area contributed by atoms with E-state index < -0.39 is 30.9 Å². The topological polar surface area (TPSA) is 67.2 Å². The standard InChI is InChI=1S/C7H7F6N3O2/c8-6(9,10)5(7(11,12)13)17-3-4(18-5)1-2-15-16-14/h4H,1-3H2. The fourth-order valence-corrected chi connectivity index (χ4v) is 1.36. The zero-order valence-electron chi connectivity index (χ0n) is 8.62. The van der Waals surface area contributed by atoms with Gasteiger partial charge in [0.15, 0.2) is 0 Å². The van der Waals surface area contributed by atoms with Crippen molar-refractivity contribution in [3.63, 3.8) is 0 Å². The monoisotopic (exact) mass is 279 g/mol. The van der Waals surface area contributed by atoms with E-state index in [4.69, 9.17) is 5.53 Å². The second-order valence-corrected chi connectivity index (χ2v) is 3.41. The van der Waals surface area contributed by atoms with Gasteiger partial charge < -0.3 is 9.47 Å². The van der Waals surface area contributed by atoms with Gasteiger partial charge in [-0.1, -0.05) is 5.11 Å². The normalized spacial score (nSPS) is 23.8. The van der Waals surface area contributed by atoms with Crippen molar-refractivity contribution in [1.82, 2.24) is 0 Å². The minimum atomic E-state index is -5.74. The summed E-state index contributed by atoms with van der Waals surface area (Å²) in [5.41, 5.74) is 7.93. The van der Waals surface area contributed by atoms with E-state index >= 15 is 0 Å². The van der Waals surface area contributed by atoms with Crippen LogP contribution in [0.4, 0.5) is 26.3 Å². The molecule has 0 saturated carbocycles. The van der Waals surface area contributed by atoms with Crippen LogP contribution in [0.15, 0.2) is 5.11 Å². The maximum Gasteiger partial charge on any atom is 0.453 e. The molecule has 0 aliphatic carbocycles. The molecule has 1 aliphatic rings. The van der Waals surface area contributed by atoms with Gasteiger partial charge in [-0.05, 0) is 12.0 Å². The number of hydrogen-bond acceptors (Lipinski definition) is 3. The summed E-state index contributed by atoms with van der Waals surface area (Å²) < 4.78 is 82.3. The average molecular weight is 279 g/mol. The molecule has 0 N–H and O–H groups in total. The molecule has 5 nitrogen and oxygen atoms in total. The van der Waals surface area contributed by atoms with Crippen LogP contribution < -0.4 is 0 Å². The second-order valence-electron chi connectivity index (χ2n) is 3.41. The van der Waals surface area contributed by atoms with E-state index in [-0.39, 0.29) is 13.0 Å². The molecule has 1 atom stereocenters. The molecule has 0 spiro atoms. The lowest BCUT2D eigenvalue weighted by Crippen LogP contribution is -2.58. The number of rotatable bonds is 3. The first-order valence-corrected chi connectivity index (χ1v) is 4.60. The molecule has 1 rings (SSSR count). The lowest BCUT2D eigenvalue weighted by atomic mass is 10.2. The highest BCUT2D eigenvalue weighted by atomic mass is 19.4. The zero-order valence-corrected chi connectivity index (χ0v) is 8.62. The van der Waals surface area contributed by atoms with Crippen molar-refractivity contribution in [2.45, 2.75) is 30.7 Å². The molecule has 0 amide bonds. The summed E-state index contributed by atoms with van der Waals surface area (Å²) in [6.45, 7) is -1.16. The summed E-state index contributed by atoms with van der Waals surface area (Å²) >= 11 is 0. The minimum absolute atomic E-state index is 0.281. The van der Waals surface area contributed by atoms with E-state index in [1.165, 1.54) is 0 Å². The van der Waals surface area contributed by atoms with Gasteiger partial charge in [-0.3, -0.25) is 0 Å². The van der Waals surface area contributed by atoms with Crippen LogP contribution in [0.25, 0.3) is 10.4 Å². The Morgan fingerprint density at radius 3 is 2.17 bits per heavy atom. The Labute approximate surface area is 96.3 Å². The van der Waals surface area contributed by atoms with Crippen molar-refractivity contribution in [2.24, 2.45) is 5.11 Å². The quantitative estimate of drug-likeness (QED) is 0.345. The van der Waals surface area contributed by atoms with E-state index in [0.717, 1.165) is 0 Å². The first kappa shape index (κ1) is 14.9. The number of azide groups is 1. The highest BCUT2D eigenvalue weighted by Crippen LogP contribution is 2.50. The van der Waals surface area contributed by atoms with Gasteiger partial charge in [0.05, 0.1) is 12.7 Å². The Hall–Kier alpha value is -1.19. The van der Waals surface area contributed by atoms with E-state index in [0.29, 0.717) is 0 Å². The van der Waals surface area contributed by atoms with E-state index in [9.17, 15) is 26.3 Å². The van der Waals surface area contributed by atoms with Crippen molar-refractivity contribution in [3.05, 3.63) is 10.4 Å². The van der Waals surface area contributed by atoms with Crippen molar-refractivity contribution in [1.29, 1.82) is 0 Å². The van der Waals surface area contributed by atoms with Gasteiger partial charge in [-0.2, -0.15) is 26.3 Å². The summed E-state index contributed by atoms with van der Waals surface area (Å²) in [4.78, 5) is 2.31. The molecule has 18 heavy (non-hydrogen) atoms.